The summed E-state index contributed by atoms with van der Waals surface area (Å²) in [5, 5.41) is 60.0. The van der Waals surface area contributed by atoms with E-state index in [-0.39, 0.29) is 56.1 Å². The zero-order chi connectivity index (χ0) is 88.9. The van der Waals surface area contributed by atoms with E-state index >= 15 is 0 Å². The third-order valence-corrected chi connectivity index (χ3v) is 19.4. The zero-order valence-electron chi connectivity index (χ0n) is 68.9. The third-order valence-electron chi connectivity index (χ3n) is 18.3. The molecule has 15 atom stereocenters. The first-order valence-electron chi connectivity index (χ1n) is 39.5. The number of ketones is 2. The largest absolute Gasteiger partial charge is 0.394 e. The third kappa shape index (κ3) is 39.0. The first-order valence-corrected chi connectivity index (χ1v) is 40.9. The lowest BCUT2D eigenvalue weighted by atomic mass is 9.98. The Kier molecular flexibility index (Phi) is 52.4. The van der Waals surface area contributed by atoms with Gasteiger partial charge in [0.15, 0.2) is 0 Å². The maximum absolute atomic E-state index is 14.0. The summed E-state index contributed by atoms with van der Waals surface area (Å²) in [4.78, 5) is 183. The molecular formula is C81H123N17O17S3. The molecule has 0 saturated carbocycles. The van der Waals surface area contributed by atoms with Gasteiger partial charge in [-0.1, -0.05) is 142 Å². The molecular weight excluding hydrogens is 1580 g/mol. The summed E-state index contributed by atoms with van der Waals surface area (Å²) >= 11 is 12.2. The number of aliphatic hydroxyl groups excluding tert-OH is 3. The average molecular weight is 1700 g/mol. The van der Waals surface area contributed by atoms with Crippen molar-refractivity contribution in [3.8, 4) is 0 Å². The standard InChI is InChI=1S/C41H59N9O10S.C32H45N7O6S.C4H9NOS.C4H10/c1-23(53)34(37(56)36(55)33(21-52)43-3)47-39(58)31(17-25-11-5-4-6-12-25)46-41(60)35(24(2)54)48-38(57)30(15-9-10-16-42)49-50-32(40(59)45-27(20-51)22-61)18-26-19-44-29-14-8-7-13-28(26)29;1-35-27(20-46)32(45)37-24(14-8-9-15-33)29(42)39-26(18-28(34)41)31(44)38-25(17-22-12-6-3-7-13-22)30(43)36-23(19-40)16-21-10-4-2-5-11-21;1-5-4(2-6)3-7;1-3-4-2/h4-8,11-14,19-20,23-24,27,30-35,43-44,49-50,52-54,61H,9-10,15-18,21-22,42H2,1-3H3,(H,45,59)(H,46,60)(H,47,58)(H,48,57);2-7,10-13,19,23-27,35,46H,8-9,14-18,20,33H2,1H3,(H2,34,41)(H,36,43)(H,37,45)(H,38,44)(H,39,42);2,4-5,7H,3H2,1H3;3-4H2,1-2H3/t23-,24-,27-,30?,31?,32?,33+,34+,35+;23-,24-,25-,26-,27-;4-;/m101./s1/i;19D;;. The van der Waals surface area contributed by atoms with Crippen molar-refractivity contribution in [1.82, 2.24) is 74.3 Å². The first kappa shape index (κ1) is 103. The number of aromatic amines is 1. The second kappa shape index (κ2) is 60.2. The molecule has 1 heterocycles. The molecule has 3 unspecified atom stereocenters. The molecule has 9 amide bonds. The van der Waals surface area contributed by atoms with Gasteiger partial charge in [-0.2, -0.15) is 37.9 Å². The Morgan fingerprint density at radius 2 is 0.864 bits per heavy atom. The quantitative estimate of drug-likeness (QED) is 0.00665. The highest BCUT2D eigenvalue weighted by molar-refractivity contribution is 7.80. The number of amides is 9. The van der Waals surface area contributed by atoms with Gasteiger partial charge in [0.25, 0.3) is 0 Å². The molecule has 0 aliphatic carbocycles. The number of hydrazine groups is 1. The van der Waals surface area contributed by atoms with E-state index in [0.29, 0.717) is 61.9 Å². The van der Waals surface area contributed by atoms with E-state index in [9.17, 15) is 82.4 Å². The number of primary amides is 1. The molecule has 0 saturated heterocycles. The van der Waals surface area contributed by atoms with E-state index in [1.807, 2.05) is 24.3 Å². The number of para-hydroxylation sites is 1. The highest BCUT2D eigenvalue weighted by Gasteiger charge is 2.39. The molecule has 1 aromatic heterocycles. The van der Waals surface area contributed by atoms with Crippen LogP contribution in [0, 0.1) is 0 Å². The van der Waals surface area contributed by atoms with Crippen molar-refractivity contribution < 1.29 is 83.8 Å². The van der Waals surface area contributed by atoms with Gasteiger partial charge in [-0.15, -0.1) is 0 Å². The predicted molar refractivity (Wildman–Crippen MR) is 461 cm³/mol. The lowest BCUT2D eigenvalue weighted by Gasteiger charge is -2.29. The van der Waals surface area contributed by atoms with Crippen LogP contribution in [0.1, 0.15) is 109 Å². The van der Waals surface area contributed by atoms with Gasteiger partial charge < -0.3 is 110 Å². The lowest BCUT2D eigenvalue weighted by Crippen LogP contribution is -2.63. The Morgan fingerprint density at radius 1 is 0.449 bits per heavy atom. The van der Waals surface area contributed by atoms with Gasteiger partial charge in [0, 0.05) is 53.6 Å². The van der Waals surface area contributed by atoms with Gasteiger partial charge in [0.05, 0.1) is 61.5 Å². The number of unbranched alkanes of at least 4 members (excludes halogenated alkanes) is 3. The van der Waals surface area contributed by atoms with Crippen LogP contribution in [0.5, 0.6) is 0 Å². The highest BCUT2D eigenvalue weighted by atomic mass is 32.1. The van der Waals surface area contributed by atoms with Crippen molar-refractivity contribution in [2.24, 2.45) is 17.2 Å². The van der Waals surface area contributed by atoms with Gasteiger partial charge in [-0.25, -0.2) is 10.9 Å². The van der Waals surface area contributed by atoms with Crippen LogP contribution in [-0.4, -0.2) is 253 Å². The molecule has 118 heavy (non-hydrogen) atoms. The van der Waals surface area contributed by atoms with Crippen LogP contribution in [0.2, 0.25) is 0 Å². The molecule has 5 rings (SSSR count). The van der Waals surface area contributed by atoms with E-state index < -0.39 is 169 Å². The van der Waals surface area contributed by atoms with Crippen molar-refractivity contribution in [2.75, 3.05) is 58.1 Å². The number of hydrogen-bond donors (Lipinski definition) is 23. The van der Waals surface area contributed by atoms with Crippen molar-refractivity contribution in [1.29, 1.82) is 0 Å². The van der Waals surface area contributed by atoms with E-state index in [2.05, 4.69) is 126 Å². The topological polar surface area (TPSA) is 550 Å². The predicted octanol–water partition coefficient (Wildman–Crippen LogP) is -1.90. The number of aliphatic hydroxyl groups is 3. The summed E-state index contributed by atoms with van der Waals surface area (Å²) in [5.74, 6) is -8.53. The van der Waals surface area contributed by atoms with Gasteiger partial charge in [-0.3, -0.25) is 52.7 Å². The number of thiol groups is 3. The number of carbonyl (C=O) groups is 14. The number of nitrogens with two attached hydrogens (primary N) is 3. The molecule has 652 valence electrons. The summed E-state index contributed by atoms with van der Waals surface area (Å²) in [5.41, 5.74) is 26.2. The zero-order valence-corrected chi connectivity index (χ0v) is 70.6. The lowest BCUT2D eigenvalue weighted by molar-refractivity contribution is -0.142. The van der Waals surface area contributed by atoms with E-state index in [0.717, 1.165) is 28.3 Å². The SMILES string of the molecule is CCCC.CN[C@@H](CO)C(=O)C(=O)[C@@H](NC(=O)C(Cc1ccccc1)NC(=O)[C@@H](NC(=O)C(CCCCN)NNC(Cc1c[nH]c2ccccc12)C(=O)N[C@H](C=O)CS)[C@@H](C)O)[C@@H](C)O.CN[C@H](C=O)CS.[2H]C(=O)[C@H](Cc1ccccc1)NC(=O)[C@H](Cc1ccccc1)NC(=O)[C@H](CC(N)=O)NC(=O)[C@H](CCCCN)NC(=O)[C@H](CS)NC. The molecule has 0 spiro atoms. The number of aromatic nitrogens is 1. The summed E-state index contributed by atoms with van der Waals surface area (Å²) < 4.78 is 7.72. The van der Waals surface area contributed by atoms with E-state index in [4.69, 9.17) is 18.6 Å². The summed E-state index contributed by atoms with van der Waals surface area (Å²) in [6.45, 7) is 6.76. The van der Waals surface area contributed by atoms with Crippen LogP contribution in [0.15, 0.2) is 121 Å². The minimum atomic E-state index is -1.75. The number of H-pyrrole nitrogens is 1. The number of Topliss-reactive ketones (excluding diaryl/α,β-unsaturated/α-hetero) is 2. The van der Waals surface area contributed by atoms with Gasteiger partial charge in [0.1, 0.15) is 62.5 Å². The molecule has 0 fully saturated rings. The second-order valence-corrected chi connectivity index (χ2v) is 28.7. The molecule has 5 aromatic rings. The van der Waals surface area contributed by atoms with E-state index in [1.54, 1.807) is 111 Å². The monoisotopic (exact) mass is 1700 g/mol. The Bertz CT molecular complexity index is 3910. The van der Waals surface area contributed by atoms with Crippen molar-refractivity contribution >= 4 is 132 Å². The van der Waals surface area contributed by atoms with Crippen LogP contribution in [0.25, 0.3) is 10.9 Å². The molecule has 0 bridgehead atoms. The number of nitrogens with one attached hydrogen (secondary N) is 14. The van der Waals surface area contributed by atoms with Crippen molar-refractivity contribution in [2.45, 2.75) is 202 Å². The maximum atomic E-state index is 14.0. The number of rotatable bonds is 53. The highest BCUT2D eigenvalue weighted by Crippen LogP contribution is 2.20. The van der Waals surface area contributed by atoms with Gasteiger partial charge in [0.2, 0.25) is 64.7 Å². The minimum absolute atomic E-state index is 0.00714. The van der Waals surface area contributed by atoms with Crippen LogP contribution in [-0.2, 0) is 92.8 Å². The summed E-state index contributed by atoms with van der Waals surface area (Å²) in [7, 11) is 4.65. The second-order valence-electron chi connectivity index (χ2n) is 27.6. The number of likely N-dealkylation sites (N-methyl/N-ethyl adjacent to an activating group) is 3. The van der Waals surface area contributed by atoms with Crippen molar-refractivity contribution in [3.05, 3.63) is 144 Å². The van der Waals surface area contributed by atoms with Crippen LogP contribution in [0.3, 0.4) is 0 Å². The fourth-order valence-corrected chi connectivity index (χ4v) is 12.0. The molecule has 0 aliphatic rings. The first-order chi connectivity index (χ1) is 56.9. The fourth-order valence-electron chi connectivity index (χ4n) is 11.2. The molecule has 37 heteroatoms. The maximum Gasteiger partial charge on any atom is 0.245 e. The number of fused-ring (bicyclic) bond motifs is 1. The van der Waals surface area contributed by atoms with Crippen LogP contribution < -0.4 is 86.5 Å². The summed E-state index contributed by atoms with van der Waals surface area (Å²) in [6, 6.07) is 18.6. The minimum Gasteiger partial charge on any atom is -0.394 e. The van der Waals surface area contributed by atoms with Crippen molar-refractivity contribution in [3.63, 3.8) is 0 Å². The Balaban J connectivity index is 0.000000733. The average Bonchev–Trinajstić information content (AvgIpc) is 1.75. The van der Waals surface area contributed by atoms with E-state index in [1.165, 1.54) is 33.7 Å². The number of carbonyl (C=O) groups excluding carboxylic acids is 14. The van der Waals surface area contributed by atoms with Crippen LogP contribution >= 0.6 is 37.9 Å². The Morgan fingerprint density at radius 3 is 1.31 bits per heavy atom. The number of benzene rings is 4. The summed E-state index contributed by atoms with van der Waals surface area (Å²) in [6.07, 6.45) is 3.53. The fraction of sp³-hybridized carbons (Fsp3) is 0.506. The molecule has 0 radical (unpaired) electrons. The molecule has 0 aliphatic heterocycles. The normalized spacial score (nSPS) is 14.8. The Labute approximate surface area is 707 Å². The Hall–Kier alpha value is -9.35. The molecule has 34 nitrogen and oxygen atoms in total. The number of aldehydes is 3. The number of hydrogen-bond acceptors (Lipinski definition) is 27. The molecule has 4 aromatic carbocycles. The smallest absolute Gasteiger partial charge is 0.245 e. The van der Waals surface area contributed by atoms with Crippen LogP contribution in [0.4, 0.5) is 0 Å². The van der Waals surface area contributed by atoms with Gasteiger partial charge >= 0.3 is 0 Å². The van der Waals surface area contributed by atoms with Gasteiger partial charge in [-0.05, 0) is 115 Å². The molecule has 23 N–H and O–H groups in total.